The van der Waals surface area contributed by atoms with Gasteiger partial charge in [-0.3, -0.25) is 19.7 Å². The highest BCUT2D eigenvalue weighted by Crippen LogP contribution is 2.15. The van der Waals surface area contributed by atoms with Crippen molar-refractivity contribution in [3.05, 3.63) is 74.8 Å². The Hall–Kier alpha value is -3.26. The molecule has 2 rings (SSSR count). The van der Waals surface area contributed by atoms with Crippen LogP contribution in [0.1, 0.15) is 15.9 Å². The molecule has 0 radical (unpaired) electrons. The van der Waals surface area contributed by atoms with Crippen molar-refractivity contribution >= 4 is 35.3 Å². The van der Waals surface area contributed by atoms with Crippen molar-refractivity contribution in [1.29, 1.82) is 0 Å². The molecule has 0 saturated carbocycles. The van der Waals surface area contributed by atoms with E-state index in [0.29, 0.717) is 10.6 Å². The summed E-state index contributed by atoms with van der Waals surface area (Å²) in [4.78, 5) is 33.8. The van der Waals surface area contributed by atoms with Gasteiger partial charge in [0.2, 0.25) is 0 Å². The molecule has 0 heterocycles. The zero-order valence-corrected chi connectivity index (χ0v) is 13.6. The molecule has 0 unspecified atom stereocenters. The van der Waals surface area contributed by atoms with E-state index in [-0.39, 0.29) is 17.8 Å². The van der Waals surface area contributed by atoms with Crippen LogP contribution in [0, 0.1) is 10.1 Å². The highest BCUT2D eigenvalue weighted by molar-refractivity contribution is 6.30. The zero-order chi connectivity index (χ0) is 18.2. The average molecular weight is 361 g/mol. The Bertz CT molecular complexity index is 821. The van der Waals surface area contributed by atoms with Crippen LogP contribution >= 0.6 is 11.6 Å². The molecule has 2 aromatic carbocycles. The number of benzene rings is 2. The molecule has 2 aromatic rings. The predicted molar refractivity (Wildman–Crippen MR) is 92.6 cm³/mol. The summed E-state index contributed by atoms with van der Waals surface area (Å²) < 4.78 is 0. The minimum absolute atomic E-state index is 0.128. The quantitative estimate of drug-likeness (QED) is 0.466. The van der Waals surface area contributed by atoms with Crippen LogP contribution in [0.3, 0.4) is 0 Å². The van der Waals surface area contributed by atoms with Gasteiger partial charge in [0.05, 0.1) is 23.2 Å². The number of nitrogens with zero attached hydrogens (tertiary/aromatic N) is 2. The lowest BCUT2D eigenvalue weighted by molar-refractivity contribution is -0.385. The van der Waals surface area contributed by atoms with Gasteiger partial charge < -0.3 is 5.32 Å². The van der Waals surface area contributed by atoms with Crippen LogP contribution < -0.4 is 10.7 Å². The fourth-order valence-electron chi connectivity index (χ4n) is 1.84. The number of amides is 2. The second-order valence-corrected chi connectivity index (χ2v) is 5.24. The molecule has 9 heteroatoms. The fourth-order valence-corrected chi connectivity index (χ4v) is 1.97. The predicted octanol–water partition coefficient (Wildman–Crippen LogP) is 2.13. The summed E-state index contributed by atoms with van der Waals surface area (Å²) in [5.74, 6) is -1.01. The first kappa shape index (κ1) is 18.1. The first-order valence-corrected chi connectivity index (χ1v) is 7.44. The molecule has 8 nitrogen and oxygen atoms in total. The van der Waals surface area contributed by atoms with E-state index < -0.39 is 16.7 Å². The monoisotopic (exact) mass is 360 g/mol. The smallest absolute Gasteiger partial charge is 0.278 e. The Morgan fingerprint density at radius 1 is 1.16 bits per heavy atom. The van der Waals surface area contributed by atoms with Gasteiger partial charge in [-0.2, -0.15) is 5.10 Å². The number of nitro groups is 1. The molecule has 2 amide bonds. The summed E-state index contributed by atoms with van der Waals surface area (Å²) in [6.45, 7) is -0.296. The van der Waals surface area contributed by atoms with Crippen molar-refractivity contribution in [3.8, 4) is 0 Å². The Morgan fingerprint density at radius 2 is 1.84 bits per heavy atom. The van der Waals surface area contributed by atoms with Crippen molar-refractivity contribution in [1.82, 2.24) is 10.7 Å². The van der Waals surface area contributed by atoms with Crippen LogP contribution in [0.25, 0.3) is 0 Å². The molecule has 25 heavy (non-hydrogen) atoms. The van der Waals surface area contributed by atoms with Crippen molar-refractivity contribution in [3.63, 3.8) is 0 Å². The number of hydrazone groups is 1. The maximum absolute atomic E-state index is 11.8. The van der Waals surface area contributed by atoms with Gasteiger partial charge in [0.25, 0.3) is 17.5 Å². The minimum atomic E-state index is -0.572. The number of para-hydroxylation sites is 1. The molecule has 2 N–H and O–H groups in total. The molecule has 0 fully saturated rings. The molecule has 0 saturated heterocycles. The van der Waals surface area contributed by atoms with Crippen LogP contribution in [0.2, 0.25) is 5.02 Å². The lowest BCUT2D eigenvalue weighted by atomic mass is 10.2. The number of hydrogen-bond donors (Lipinski definition) is 2. The average Bonchev–Trinajstić information content (AvgIpc) is 2.60. The van der Waals surface area contributed by atoms with Gasteiger partial charge in [-0.05, 0) is 30.3 Å². The number of hydrogen-bond acceptors (Lipinski definition) is 5. The molecular weight excluding hydrogens is 348 g/mol. The highest BCUT2D eigenvalue weighted by atomic mass is 35.5. The number of rotatable bonds is 6. The Morgan fingerprint density at radius 3 is 2.52 bits per heavy atom. The van der Waals surface area contributed by atoms with Crippen LogP contribution in [0.5, 0.6) is 0 Å². The highest BCUT2D eigenvalue weighted by Gasteiger charge is 2.10. The van der Waals surface area contributed by atoms with E-state index in [1.165, 1.54) is 30.3 Å². The van der Waals surface area contributed by atoms with Crippen molar-refractivity contribution in [2.45, 2.75) is 0 Å². The molecule has 0 aliphatic heterocycles. The van der Waals surface area contributed by atoms with Crippen molar-refractivity contribution in [2.24, 2.45) is 5.10 Å². The summed E-state index contributed by atoms with van der Waals surface area (Å²) in [5, 5.41) is 17.4. The molecular formula is C16H13ClN4O4. The molecule has 0 aromatic heterocycles. The number of nitrogens with one attached hydrogen (secondary N) is 2. The molecule has 128 valence electrons. The SMILES string of the molecule is O=C(CNC(=O)c1ccc(Cl)cc1)N/N=C/c1ccccc1[N+](=O)[O-]. The Kier molecular flexibility index (Phi) is 6.19. The number of carbonyl (C=O) groups excluding carboxylic acids is 2. The molecule has 0 aliphatic carbocycles. The van der Waals surface area contributed by atoms with Crippen LogP contribution in [-0.4, -0.2) is 29.5 Å². The summed E-state index contributed by atoms with van der Waals surface area (Å²) in [6.07, 6.45) is 1.16. The lowest BCUT2D eigenvalue weighted by Crippen LogP contribution is -2.34. The Balaban J connectivity index is 1.86. The number of nitro benzene ring substituents is 1. The Labute approximate surface area is 147 Å². The van der Waals surface area contributed by atoms with E-state index in [9.17, 15) is 19.7 Å². The van der Waals surface area contributed by atoms with Crippen molar-refractivity contribution in [2.75, 3.05) is 6.54 Å². The molecule has 0 aliphatic rings. The van der Waals surface area contributed by atoms with Gasteiger partial charge in [-0.1, -0.05) is 23.7 Å². The normalized spacial score (nSPS) is 10.4. The third-order valence-corrected chi connectivity index (χ3v) is 3.29. The van der Waals surface area contributed by atoms with E-state index in [1.807, 2.05) is 0 Å². The summed E-state index contributed by atoms with van der Waals surface area (Å²) in [7, 11) is 0. The van der Waals surface area contributed by atoms with Gasteiger partial charge in [-0.25, -0.2) is 5.43 Å². The van der Waals surface area contributed by atoms with Gasteiger partial charge in [0, 0.05) is 16.7 Å². The summed E-state index contributed by atoms with van der Waals surface area (Å²) in [6, 6.07) is 12.2. The zero-order valence-electron chi connectivity index (χ0n) is 12.8. The van der Waals surface area contributed by atoms with Gasteiger partial charge >= 0.3 is 0 Å². The van der Waals surface area contributed by atoms with E-state index in [2.05, 4.69) is 15.8 Å². The maximum atomic E-state index is 11.8. The standard InChI is InChI=1S/C16H13ClN4O4/c17-13-7-5-11(6-8-13)16(23)18-10-15(22)20-19-9-12-3-1-2-4-14(12)21(24)25/h1-9H,10H2,(H,18,23)(H,20,22)/b19-9+. The van der Waals surface area contributed by atoms with Crippen LogP contribution in [0.4, 0.5) is 5.69 Å². The second-order valence-electron chi connectivity index (χ2n) is 4.80. The summed E-state index contributed by atoms with van der Waals surface area (Å²) in [5.41, 5.74) is 2.67. The number of halogens is 1. The largest absolute Gasteiger partial charge is 0.343 e. The molecule has 0 atom stereocenters. The van der Waals surface area contributed by atoms with Crippen LogP contribution in [-0.2, 0) is 4.79 Å². The molecule has 0 spiro atoms. The van der Waals surface area contributed by atoms with Crippen LogP contribution in [0.15, 0.2) is 53.6 Å². The topological polar surface area (TPSA) is 114 Å². The third kappa shape index (κ3) is 5.40. The fraction of sp³-hybridized carbons (Fsp3) is 0.0625. The minimum Gasteiger partial charge on any atom is -0.343 e. The van der Waals surface area contributed by atoms with Crippen molar-refractivity contribution < 1.29 is 14.5 Å². The summed E-state index contributed by atoms with van der Waals surface area (Å²) >= 11 is 5.73. The number of carbonyl (C=O) groups is 2. The molecule has 0 bridgehead atoms. The van der Waals surface area contributed by atoms with Gasteiger partial charge in [0.15, 0.2) is 0 Å². The van der Waals surface area contributed by atoms with E-state index in [0.717, 1.165) is 6.21 Å². The maximum Gasteiger partial charge on any atom is 0.278 e. The third-order valence-electron chi connectivity index (χ3n) is 3.04. The first-order chi connectivity index (χ1) is 12.0. The van der Waals surface area contributed by atoms with E-state index in [1.54, 1.807) is 18.2 Å². The lowest BCUT2D eigenvalue weighted by Gasteiger charge is -2.04. The van der Waals surface area contributed by atoms with E-state index in [4.69, 9.17) is 11.6 Å². The first-order valence-electron chi connectivity index (χ1n) is 7.06. The van der Waals surface area contributed by atoms with Gasteiger partial charge in [-0.15, -0.1) is 0 Å². The van der Waals surface area contributed by atoms with E-state index >= 15 is 0 Å². The van der Waals surface area contributed by atoms with Gasteiger partial charge in [0.1, 0.15) is 0 Å². The second kappa shape index (κ2) is 8.55.